The predicted molar refractivity (Wildman–Crippen MR) is 58.8 cm³/mol. The van der Waals surface area contributed by atoms with E-state index in [1.165, 1.54) is 31.7 Å². The summed E-state index contributed by atoms with van der Waals surface area (Å²) in [4.78, 5) is 11.7. The van der Waals surface area contributed by atoms with E-state index in [9.17, 15) is 0 Å². The second kappa shape index (κ2) is 3.27. The molecule has 3 heteroatoms. The van der Waals surface area contributed by atoms with Gasteiger partial charge < -0.3 is 4.90 Å². The Morgan fingerprint density at radius 1 is 1.33 bits per heavy atom. The van der Waals surface area contributed by atoms with Crippen LogP contribution in [0.3, 0.4) is 0 Å². The van der Waals surface area contributed by atoms with Gasteiger partial charge in [-0.3, -0.25) is 9.97 Å². The maximum absolute atomic E-state index is 4.68. The topological polar surface area (TPSA) is 29.0 Å². The Bertz CT molecular complexity index is 388. The molecule has 1 aromatic rings. The highest BCUT2D eigenvalue weighted by Gasteiger charge is 2.40. The van der Waals surface area contributed by atoms with Gasteiger partial charge in [0.25, 0.3) is 0 Å². The van der Waals surface area contributed by atoms with Gasteiger partial charge in [0.05, 0.1) is 17.1 Å². The highest BCUT2D eigenvalue weighted by Crippen LogP contribution is 2.39. The summed E-state index contributed by atoms with van der Waals surface area (Å²) in [5.74, 6) is 1.48. The first kappa shape index (κ1) is 9.28. The zero-order chi connectivity index (χ0) is 10.4. The summed E-state index contributed by atoms with van der Waals surface area (Å²) in [7, 11) is 0. The predicted octanol–water partition coefficient (Wildman–Crippen LogP) is 1.51. The van der Waals surface area contributed by atoms with Crippen LogP contribution < -0.4 is 0 Å². The molecule has 1 aromatic heterocycles. The Hall–Kier alpha value is -0.960. The van der Waals surface area contributed by atoms with E-state index in [2.05, 4.69) is 21.8 Å². The van der Waals surface area contributed by atoms with Crippen LogP contribution in [0.25, 0.3) is 0 Å². The molecule has 0 aliphatic carbocycles. The maximum Gasteiger partial charge on any atom is 0.0665 e. The van der Waals surface area contributed by atoms with E-state index in [1.807, 2.05) is 13.1 Å². The van der Waals surface area contributed by atoms with Crippen LogP contribution in [0.2, 0.25) is 0 Å². The van der Waals surface area contributed by atoms with Crippen molar-refractivity contribution in [1.82, 2.24) is 14.9 Å². The van der Waals surface area contributed by atoms with E-state index in [4.69, 9.17) is 0 Å². The molecule has 3 atom stereocenters. The first-order valence-electron chi connectivity index (χ1n) is 5.76. The molecule has 2 fully saturated rings. The molecule has 3 rings (SSSR count). The third-order valence-corrected chi connectivity index (χ3v) is 3.80. The number of piperidine rings is 1. The molecule has 0 aromatic carbocycles. The summed E-state index contributed by atoms with van der Waals surface area (Å²) in [6.07, 6.45) is 3.21. The lowest BCUT2D eigenvalue weighted by molar-refractivity contribution is 0.343. The average Bonchev–Trinajstić information content (AvgIpc) is 2.83. The maximum atomic E-state index is 4.68. The Kier molecular flexibility index (Phi) is 2.02. The van der Waals surface area contributed by atoms with Gasteiger partial charge in [0, 0.05) is 25.2 Å². The van der Waals surface area contributed by atoms with Gasteiger partial charge in [-0.1, -0.05) is 0 Å². The number of rotatable bonds is 1. The van der Waals surface area contributed by atoms with Crippen molar-refractivity contribution in [3.63, 3.8) is 0 Å². The molecule has 80 valence electrons. The number of hydrogen-bond acceptors (Lipinski definition) is 3. The molecule has 0 amide bonds. The van der Waals surface area contributed by atoms with Crippen molar-refractivity contribution in [2.24, 2.45) is 5.92 Å². The van der Waals surface area contributed by atoms with Gasteiger partial charge in [0.15, 0.2) is 0 Å². The van der Waals surface area contributed by atoms with Gasteiger partial charge in [-0.05, 0) is 32.7 Å². The van der Waals surface area contributed by atoms with Crippen LogP contribution in [0.15, 0.2) is 6.20 Å². The minimum Gasteiger partial charge on any atom is -0.302 e. The highest BCUT2D eigenvalue weighted by atomic mass is 15.2. The fourth-order valence-corrected chi connectivity index (χ4v) is 3.00. The fourth-order valence-electron chi connectivity index (χ4n) is 3.00. The Balaban J connectivity index is 1.96. The zero-order valence-corrected chi connectivity index (χ0v) is 9.40. The van der Waals surface area contributed by atoms with E-state index in [0.29, 0.717) is 5.92 Å². The molecular weight excluding hydrogens is 186 g/mol. The van der Waals surface area contributed by atoms with Crippen molar-refractivity contribution < 1.29 is 0 Å². The van der Waals surface area contributed by atoms with Gasteiger partial charge in [-0.15, -0.1) is 0 Å². The highest BCUT2D eigenvalue weighted by molar-refractivity contribution is 5.21. The summed E-state index contributed by atoms with van der Waals surface area (Å²) >= 11 is 0. The molecule has 3 heterocycles. The van der Waals surface area contributed by atoms with Crippen molar-refractivity contribution in [3.8, 4) is 0 Å². The quantitative estimate of drug-likeness (QED) is 0.693. The van der Waals surface area contributed by atoms with Crippen LogP contribution in [0.1, 0.15) is 29.4 Å². The smallest absolute Gasteiger partial charge is 0.0665 e. The summed E-state index contributed by atoms with van der Waals surface area (Å²) in [5.41, 5.74) is 3.43. The van der Waals surface area contributed by atoms with Gasteiger partial charge in [-0.2, -0.15) is 0 Å². The monoisotopic (exact) mass is 203 g/mol. The molecule has 0 N–H and O–H groups in total. The minimum atomic E-state index is 0.645. The van der Waals surface area contributed by atoms with Crippen molar-refractivity contribution in [3.05, 3.63) is 23.3 Å². The summed E-state index contributed by atoms with van der Waals surface area (Å²) in [6.45, 7) is 7.88. The summed E-state index contributed by atoms with van der Waals surface area (Å²) < 4.78 is 0. The van der Waals surface area contributed by atoms with E-state index in [1.54, 1.807) is 0 Å². The lowest BCUT2D eigenvalue weighted by Gasteiger charge is -2.22. The van der Waals surface area contributed by atoms with E-state index in [-0.39, 0.29) is 0 Å². The van der Waals surface area contributed by atoms with Crippen molar-refractivity contribution in [1.29, 1.82) is 0 Å². The first-order chi connectivity index (χ1) is 7.24. The first-order valence-corrected chi connectivity index (χ1v) is 5.76. The summed E-state index contributed by atoms with van der Waals surface area (Å²) in [5, 5.41) is 0. The standard InChI is InChI=1S/C12H17N3/c1-8-5-13-9(2)12(14-8)11-7-15-4-3-10(11)6-15/h5,10-11H,3-4,6-7H2,1-2H3/t10?,11-/m1/s1. The normalized spacial score (nSPS) is 33.6. The third kappa shape index (κ3) is 1.46. The number of aryl methyl sites for hydroxylation is 2. The Morgan fingerprint density at radius 2 is 2.20 bits per heavy atom. The van der Waals surface area contributed by atoms with Crippen LogP contribution in [0.5, 0.6) is 0 Å². The molecular formula is C12H17N3. The van der Waals surface area contributed by atoms with E-state index < -0.39 is 0 Å². The van der Waals surface area contributed by atoms with Crippen LogP contribution >= 0.6 is 0 Å². The molecule has 0 saturated carbocycles. The van der Waals surface area contributed by atoms with Gasteiger partial charge >= 0.3 is 0 Å². The molecule has 3 nitrogen and oxygen atoms in total. The van der Waals surface area contributed by atoms with Crippen LogP contribution in [0.4, 0.5) is 0 Å². The van der Waals surface area contributed by atoms with Gasteiger partial charge in [0.2, 0.25) is 0 Å². The van der Waals surface area contributed by atoms with Crippen molar-refractivity contribution >= 4 is 0 Å². The number of hydrogen-bond donors (Lipinski definition) is 0. The van der Waals surface area contributed by atoms with Crippen LogP contribution in [-0.4, -0.2) is 34.5 Å². The fraction of sp³-hybridized carbons (Fsp3) is 0.667. The molecule has 0 spiro atoms. The summed E-state index contributed by atoms with van der Waals surface area (Å²) in [6, 6.07) is 0. The number of nitrogens with zero attached hydrogens (tertiary/aromatic N) is 3. The molecule has 2 bridgehead atoms. The van der Waals surface area contributed by atoms with Crippen LogP contribution in [-0.2, 0) is 0 Å². The van der Waals surface area contributed by atoms with Crippen LogP contribution in [0, 0.1) is 19.8 Å². The molecule has 2 unspecified atom stereocenters. The zero-order valence-electron chi connectivity index (χ0n) is 9.40. The molecule has 2 aliphatic heterocycles. The van der Waals surface area contributed by atoms with Crippen molar-refractivity contribution in [2.45, 2.75) is 26.2 Å². The minimum absolute atomic E-state index is 0.645. The molecule has 2 aliphatic rings. The SMILES string of the molecule is Cc1cnc(C)c([C@@H]2CN3CCC2C3)n1. The number of aromatic nitrogens is 2. The van der Waals surface area contributed by atoms with E-state index >= 15 is 0 Å². The Morgan fingerprint density at radius 3 is 2.87 bits per heavy atom. The molecule has 2 saturated heterocycles. The second-order valence-electron chi connectivity index (χ2n) is 4.90. The second-order valence-corrected chi connectivity index (χ2v) is 4.90. The lowest BCUT2D eigenvalue weighted by Crippen LogP contribution is -2.23. The van der Waals surface area contributed by atoms with E-state index in [0.717, 1.165) is 17.3 Å². The Labute approximate surface area is 90.5 Å². The number of fused-ring (bicyclic) bond motifs is 2. The third-order valence-electron chi connectivity index (χ3n) is 3.80. The van der Waals surface area contributed by atoms with Crippen molar-refractivity contribution in [2.75, 3.05) is 19.6 Å². The lowest BCUT2D eigenvalue weighted by atomic mass is 9.88. The molecule has 15 heavy (non-hydrogen) atoms. The van der Waals surface area contributed by atoms with Gasteiger partial charge in [0.1, 0.15) is 0 Å². The van der Waals surface area contributed by atoms with Gasteiger partial charge in [-0.25, -0.2) is 0 Å². The largest absolute Gasteiger partial charge is 0.302 e. The average molecular weight is 203 g/mol. The molecule has 0 radical (unpaired) electrons.